The smallest absolute Gasteiger partial charge is 0.149 e. The highest BCUT2D eigenvalue weighted by molar-refractivity contribution is 6.17. The van der Waals surface area contributed by atoms with E-state index in [1.54, 1.807) is 0 Å². The maximum Gasteiger partial charge on any atom is 0.149 e. The van der Waals surface area contributed by atoms with Crippen molar-refractivity contribution < 1.29 is 0 Å². The molecule has 1 heterocycles. The van der Waals surface area contributed by atoms with Crippen LogP contribution in [0.5, 0.6) is 0 Å². The summed E-state index contributed by atoms with van der Waals surface area (Å²) in [7, 11) is 0. The first-order valence-electron chi connectivity index (χ1n) is 12.4. The Hall–Kier alpha value is -3.20. The molecule has 0 radical (unpaired) electrons. The van der Waals surface area contributed by atoms with E-state index in [1.807, 2.05) is 18.2 Å². The van der Waals surface area contributed by atoms with Crippen molar-refractivity contribution in [2.45, 2.75) is 52.9 Å². The minimum Gasteiger partial charge on any atom is -0.372 e. The lowest BCUT2D eigenvalue weighted by Gasteiger charge is -2.24. The Morgan fingerprint density at radius 1 is 0.818 bits per heavy atom. The normalized spacial score (nSPS) is 12.9. The molecule has 0 atom stereocenters. The zero-order valence-corrected chi connectivity index (χ0v) is 20.2. The van der Waals surface area contributed by atoms with Crippen LogP contribution in [0.3, 0.4) is 0 Å². The molecule has 0 fully saturated rings. The topological polar surface area (TPSA) is 39.5 Å². The molecule has 0 unspecified atom stereocenters. The number of rotatable bonds is 7. The second-order valence-electron chi connectivity index (χ2n) is 8.72. The fourth-order valence-electron chi connectivity index (χ4n) is 4.95. The van der Waals surface area contributed by atoms with Gasteiger partial charge in [-0.05, 0) is 61.1 Å². The Kier molecular flexibility index (Phi) is 7.39. The molecular weight excluding hydrogens is 402 g/mol. The van der Waals surface area contributed by atoms with Gasteiger partial charge < -0.3 is 4.90 Å². The average molecular weight is 438 g/mol. The molecule has 3 nitrogen and oxygen atoms in total. The number of unbranched alkanes of at least 4 members (excludes halogenated alkanes) is 2. The standard InChI is InChI=1S/C17H19N.C13H16N2/c1-3-18(4-2)17-11-7-10-15-14-9-6-5-8-13(14)12-16(15)17;1-2-3-4-8-11-10-7-5-6-9-12(10)15-13(11)14/h5-11H,3-4,12H2,1-2H3;5-7,9,14H,2-4,8H2,1H3. The molecule has 3 aromatic carbocycles. The number of benzene rings is 3. The van der Waals surface area contributed by atoms with Gasteiger partial charge in [-0.25, -0.2) is 4.99 Å². The van der Waals surface area contributed by atoms with Gasteiger partial charge in [0.05, 0.1) is 5.36 Å². The minimum absolute atomic E-state index is 0.465. The van der Waals surface area contributed by atoms with Gasteiger partial charge in [0.25, 0.3) is 0 Å². The van der Waals surface area contributed by atoms with Crippen molar-refractivity contribution in [3.05, 3.63) is 88.4 Å². The van der Waals surface area contributed by atoms with Gasteiger partial charge >= 0.3 is 0 Å². The van der Waals surface area contributed by atoms with E-state index in [4.69, 9.17) is 5.41 Å². The Bertz CT molecular complexity index is 1250. The van der Waals surface area contributed by atoms with Crippen molar-refractivity contribution in [1.29, 1.82) is 5.41 Å². The molecule has 1 aliphatic heterocycles. The summed E-state index contributed by atoms with van der Waals surface area (Å²) in [5.74, 6) is 0.465. The number of hydrogen-bond acceptors (Lipinski definition) is 2. The molecule has 170 valence electrons. The Morgan fingerprint density at radius 3 is 2.33 bits per heavy atom. The van der Waals surface area contributed by atoms with Crippen LogP contribution in [-0.4, -0.2) is 18.9 Å². The maximum atomic E-state index is 7.82. The summed E-state index contributed by atoms with van der Waals surface area (Å²) in [5.41, 5.74) is 8.35. The molecule has 2 aliphatic rings. The van der Waals surface area contributed by atoms with Gasteiger partial charge in [0.1, 0.15) is 5.84 Å². The highest BCUT2D eigenvalue weighted by Gasteiger charge is 2.21. The summed E-state index contributed by atoms with van der Waals surface area (Å²) >= 11 is 0. The Balaban J connectivity index is 0.000000160. The third kappa shape index (κ3) is 4.78. The molecule has 0 saturated carbocycles. The zero-order valence-electron chi connectivity index (χ0n) is 20.2. The second-order valence-corrected chi connectivity index (χ2v) is 8.72. The first-order valence-corrected chi connectivity index (χ1v) is 12.4. The van der Waals surface area contributed by atoms with Crippen LogP contribution in [0, 0.1) is 5.41 Å². The van der Waals surface area contributed by atoms with Crippen molar-refractivity contribution >= 4 is 17.1 Å². The zero-order chi connectivity index (χ0) is 23.2. The summed E-state index contributed by atoms with van der Waals surface area (Å²) in [5, 5.41) is 9.96. The van der Waals surface area contributed by atoms with Gasteiger partial charge in [0.2, 0.25) is 0 Å². The summed E-state index contributed by atoms with van der Waals surface area (Å²) < 4.78 is 0. The quantitative estimate of drug-likeness (QED) is 0.347. The van der Waals surface area contributed by atoms with Crippen molar-refractivity contribution in [3.63, 3.8) is 0 Å². The van der Waals surface area contributed by atoms with Crippen LogP contribution in [0.4, 0.5) is 5.69 Å². The molecule has 5 rings (SSSR count). The van der Waals surface area contributed by atoms with E-state index < -0.39 is 0 Å². The van der Waals surface area contributed by atoms with Gasteiger partial charge in [-0.3, -0.25) is 5.41 Å². The molecule has 1 aliphatic carbocycles. The van der Waals surface area contributed by atoms with Crippen LogP contribution in [-0.2, 0) is 6.42 Å². The van der Waals surface area contributed by atoms with Gasteiger partial charge in [-0.2, -0.15) is 0 Å². The average Bonchev–Trinajstić information content (AvgIpc) is 3.38. The minimum atomic E-state index is 0.465. The first kappa shape index (κ1) is 23.0. The molecule has 1 N–H and O–H groups in total. The van der Waals surface area contributed by atoms with Crippen LogP contribution in [0.25, 0.3) is 16.7 Å². The summed E-state index contributed by atoms with van der Waals surface area (Å²) in [4.78, 5) is 6.71. The molecule has 0 aromatic heterocycles. The van der Waals surface area contributed by atoms with Crippen molar-refractivity contribution in [2.75, 3.05) is 18.0 Å². The number of anilines is 1. The fraction of sp³-hybridized carbons (Fsp3) is 0.333. The lowest BCUT2D eigenvalue weighted by Crippen LogP contribution is -2.23. The van der Waals surface area contributed by atoms with Gasteiger partial charge in [0.15, 0.2) is 0 Å². The van der Waals surface area contributed by atoms with E-state index in [9.17, 15) is 0 Å². The largest absolute Gasteiger partial charge is 0.372 e. The molecule has 3 aromatic rings. The van der Waals surface area contributed by atoms with Gasteiger partial charge in [0, 0.05) is 36.0 Å². The molecule has 0 amide bonds. The molecule has 3 heteroatoms. The lowest BCUT2D eigenvalue weighted by molar-refractivity contribution is 0.737. The number of hydrogen-bond donors (Lipinski definition) is 1. The Morgan fingerprint density at radius 2 is 1.55 bits per heavy atom. The third-order valence-corrected chi connectivity index (χ3v) is 6.71. The van der Waals surface area contributed by atoms with E-state index in [0.29, 0.717) is 5.84 Å². The number of fused-ring (bicyclic) bond motifs is 4. The molecule has 0 bridgehead atoms. The number of para-hydroxylation sites is 1. The van der Waals surface area contributed by atoms with Crippen LogP contribution in [0.1, 0.15) is 57.6 Å². The monoisotopic (exact) mass is 437 g/mol. The molecular formula is C30H35N3. The number of amidine groups is 1. The van der Waals surface area contributed by atoms with Crippen molar-refractivity contribution in [3.8, 4) is 11.1 Å². The van der Waals surface area contributed by atoms with E-state index in [-0.39, 0.29) is 0 Å². The van der Waals surface area contributed by atoms with Crippen LogP contribution < -0.4 is 15.5 Å². The summed E-state index contributed by atoms with van der Waals surface area (Å²) in [6, 6.07) is 23.5. The fourth-order valence-corrected chi connectivity index (χ4v) is 4.95. The van der Waals surface area contributed by atoms with E-state index in [0.717, 1.165) is 43.3 Å². The summed E-state index contributed by atoms with van der Waals surface area (Å²) in [6.07, 6.45) is 5.70. The van der Waals surface area contributed by atoms with Crippen LogP contribution in [0.15, 0.2) is 71.7 Å². The van der Waals surface area contributed by atoms with Gasteiger partial charge in [-0.15, -0.1) is 0 Å². The lowest BCUT2D eigenvalue weighted by atomic mass is 10.0. The van der Waals surface area contributed by atoms with Crippen molar-refractivity contribution in [1.82, 2.24) is 0 Å². The predicted octanol–water partition coefficient (Wildman–Crippen LogP) is 6.13. The molecule has 33 heavy (non-hydrogen) atoms. The predicted molar refractivity (Wildman–Crippen MR) is 141 cm³/mol. The highest BCUT2D eigenvalue weighted by Crippen LogP contribution is 2.41. The van der Waals surface area contributed by atoms with E-state index in [2.05, 4.69) is 79.2 Å². The van der Waals surface area contributed by atoms with E-state index >= 15 is 0 Å². The van der Waals surface area contributed by atoms with Crippen molar-refractivity contribution in [2.24, 2.45) is 4.99 Å². The highest BCUT2D eigenvalue weighted by atomic mass is 15.1. The van der Waals surface area contributed by atoms with Crippen LogP contribution in [0.2, 0.25) is 0 Å². The number of nitrogens with one attached hydrogen (secondary N) is 1. The number of nitrogens with zero attached hydrogens (tertiary/aromatic N) is 2. The Labute approximate surface area is 198 Å². The van der Waals surface area contributed by atoms with Crippen LogP contribution >= 0.6 is 0 Å². The van der Waals surface area contributed by atoms with Gasteiger partial charge in [-0.1, -0.05) is 74.4 Å². The maximum absolute atomic E-state index is 7.82. The molecule has 0 saturated heterocycles. The molecule has 0 spiro atoms. The first-order chi connectivity index (χ1) is 16.2. The van der Waals surface area contributed by atoms with E-state index in [1.165, 1.54) is 46.0 Å². The summed E-state index contributed by atoms with van der Waals surface area (Å²) in [6.45, 7) is 8.80. The SMILES string of the molecule is CCCCCC1=c2ccccc2=NC1=N.CCN(CC)c1cccc2c1Cc1ccccc1-2. The third-order valence-electron chi connectivity index (χ3n) is 6.71. The second kappa shape index (κ2) is 10.6.